The Kier molecular flexibility index (Phi) is 35.3. The Hall–Kier alpha value is 1.42. The van der Waals surface area contributed by atoms with Crippen molar-refractivity contribution < 1.29 is 59.0 Å². The largest absolute Gasteiger partial charge is 1.00 e. The van der Waals surface area contributed by atoms with Crippen LogP contribution >= 0.6 is 11.9 Å². The molecule has 0 aromatic carbocycles. The van der Waals surface area contributed by atoms with E-state index in [9.17, 15) is 0 Å². The van der Waals surface area contributed by atoms with Gasteiger partial charge in [-0.3, -0.25) is 4.66 Å². The zero-order valence-electron chi connectivity index (χ0n) is 3.43. The van der Waals surface area contributed by atoms with Crippen LogP contribution in [-0.2, 0) is 0 Å². The summed E-state index contributed by atoms with van der Waals surface area (Å²) in [6.45, 7) is 0. The van der Waals surface area contributed by atoms with Crippen LogP contribution in [-0.4, -0.2) is 4.66 Å². The maximum Gasteiger partial charge on any atom is 1.00 e. The zero-order valence-corrected chi connectivity index (χ0v) is 6.94. The molecule has 0 fully saturated rings. The van der Waals surface area contributed by atoms with Gasteiger partial charge in [-0.1, -0.05) is 0 Å². The fraction of sp³-hybridized carbons (Fsp3) is 0. The molecule has 0 atom stereocenters. The first-order valence-electron chi connectivity index (χ1n) is 0.632. The molecule has 40 valence electrons. The molecule has 0 aliphatic heterocycles. The van der Waals surface area contributed by atoms with Crippen LogP contribution in [0.3, 0.4) is 0 Å². The Bertz CT molecular complexity index is 14.4. The first kappa shape index (κ1) is 15.8. The van der Waals surface area contributed by atoms with Gasteiger partial charge in [-0.2, -0.15) is 0 Å². The van der Waals surface area contributed by atoms with Crippen molar-refractivity contribution in [1.82, 2.24) is 0 Å². The molecule has 0 saturated carbocycles. The van der Waals surface area contributed by atoms with Crippen molar-refractivity contribution in [2.75, 3.05) is 0 Å². The molecule has 0 saturated heterocycles. The molecular weight excluding hydrogens is 158 g/mol. The van der Waals surface area contributed by atoms with E-state index in [2.05, 4.69) is 11.9 Å². The maximum absolute atomic E-state index is 8.41. The zero-order chi connectivity index (χ0) is 5.58. The van der Waals surface area contributed by atoms with Crippen molar-refractivity contribution in [3.8, 4) is 0 Å². The van der Waals surface area contributed by atoms with Crippen molar-refractivity contribution >= 4 is 11.9 Å². The second kappa shape index (κ2) is 15.7. The Morgan fingerprint density at radius 2 is 1.14 bits per heavy atom. The van der Waals surface area contributed by atoms with E-state index in [4.69, 9.17) is 18.6 Å². The topological polar surface area (TPSA) is 89.4 Å². The van der Waals surface area contributed by atoms with E-state index < -0.39 is 10.8 Å². The molecule has 0 aliphatic rings. The van der Waals surface area contributed by atoms with E-state index in [0.717, 1.165) is 0 Å². The summed E-state index contributed by atoms with van der Waals surface area (Å²) in [5.74, 6) is 0. The average Bonchev–Trinajstić information content (AvgIpc) is 1.41. The van der Waals surface area contributed by atoms with Crippen molar-refractivity contribution in [3.05, 3.63) is 0 Å². The molecule has 0 aromatic rings. The van der Waals surface area contributed by atoms with E-state index >= 15 is 0 Å². The molecular formula is HCl2NaO4. The summed E-state index contributed by atoms with van der Waals surface area (Å²) < 4.78 is 31.7. The SMILES string of the molecule is OCl.[Na+].[O-][Cl+2]([O-])[O-]. The van der Waals surface area contributed by atoms with Gasteiger partial charge < -0.3 is 14.0 Å². The third-order valence-electron chi connectivity index (χ3n) is 0. The minimum absolute atomic E-state index is 0. The van der Waals surface area contributed by atoms with Crippen LogP contribution in [0.25, 0.3) is 0 Å². The maximum atomic E-state index is 8.41. The predicted molar refractivity (Wildman–Crippen MR) is 8.07 cm³/mol. The molecule has 0 heterocycles. The molecule has 7 heavy (non-hydrogen) atoms. The van der Waals surface area contributed by atoms with Crippen LogP contribution < -0.4 is 43.5 Å². The minimum atomic E-state index is -2.85. The van der Waals surface area contributed by atoms with Gasteiger partial charge in [-0.05, 0) is 0 Å². The fourth-order valence-electron chi connectivity index (χ4n) is 0. The Morgan fingerprint density at radius 1 is 1.14 bits per heavy atom. The van der Waals surface area contributed by atoms with Gasteiger partial charge in [-0.15, -0.1) is 0 Å². The molecule has 7 heteroatoms. The number of halogens is 2. The number of hydrogen-bond acceptors (Lipinski definition) is 4. The third kappa shape index (κ3) is 108. The molecule has 0 rings (SSSR count). The second-order valence-electron chi connectivity index (χ2n) is 0.189. The molecule has 0 aliphatic carbocycles. The average molecular weight is 159 g/mol. The summed E-state index contributed by atoms with van der Waals surface area (Å²) in [6.07, 6.45) is 0. The van der Waals surface area contributed by atoms with Gasteiger partial charge >= 0.3 is 29.6 Å². The van der Waals surface area contributed by atoms with Crippen molar-refractivity contribution in [1.29, 1.82) is 0 Å². The molecule has 0 bridgehead atoms. The Labute approximate surface area is 70.6 Å². The van der Waals surface area contributed by atoms with Gasteiger partial charge in [0, 0.05) is 0 Å². The molecule has 0 radical (unpaired) electrons. The monoisotopic (exact) mass is 158 g/mol. The van der Waals surface area contributed by atoms with Gasteiger partial charge in [0.05, 0.1) is 22.7 Å². The third-order valence-corrected chi connectivity index (χ3v) is 0. The minimum Gasteiger partial charge on any atom is -0.357 e. The van der Waals surface area contributed by atoms with E-state index in [1.807, 2.05) is 0 Å². The fourth-order valence-corrected chi connectivity index (χ4v) is 0. The van der Waals surface area contributed by atoms with Crippen molar-refractivity contribution in [2.24, 2.45) is 0 Å². The van der Waals surface area contributed by atoms with Gasteiger partial charge in [0.25, 0.3) is 0 Å². The summed E-state index contributed by atoms with van der Waals surface area (Å²) in [6, 6.07) is 0. The van der Waals surface area contributed by atoms with E-state index in [1.165, 1.54) is 0 Å². The Balaban J connectivity index is -0.0000000480. The van der Waals surface area contributed by atoms with Gasteiger partial charge in [0.15, 0.2) is 0 Å². The smallest absolute Gasteiger partial charge is 0.357 e. The van der Waals surface area contributed by atoms with E-state index in [1.54, 1.807) is 0 Å². The van der Waals surface area contributed by atoms with Crippen LogP contribution in [0.2, 0.25) is 0 Å². The van der Waals surface area contributed by atoms with Gasteiger partial charge in [0.1, 0.15) is 0 Å². The van der Waals surface area contributed by atoms with Crippen LogP contribution in [0.5, 0.6) is 0 Å². The molecule has 0 spiro atoms. The van der Waals surface area contributed by atoms with E-state index in [0.29, 0.717) is 0 Å². The molecule has 0 unspecified atom stereocenters. The van der Waals surface area contributed by atoms with Crippen LogP contribution in [0.1, 0.15) is 0 Å². The van der Waals surface area contributed by atoms with Gasteiger partial charge in [-0.25, -0.2) is 0 Å². The Morgan fingerprint density at radius 3 is 1.14 bits per heavy atom. The summed E-state index contributed by atoms with van der Waals surface area (Å²) >= 11 is 3.64. The summed E-state index contributed by atoms with van der Waals surface area (Å²) in [5, 5.41) is 0. The quantitative estimate of drug-likeness (QED) is 0.356. The van der Waals surface area contributed by atoms with Crippen LogP contribution in [0.4, 0.5) is 0 Å². The summed E-state index contributed by atoms with van der Waals surface area (Å²) in [5.41, 5.74) is 0. The molecule has 4 nitrogen and oxygen atoms in total. The number of hydrogen-bond donors (Lipinski definition) is 1. The molecule has 0 aromatic heterocycles. The van der Waals surface area contributed by atoms with E-state index in [-0.39, 0.29) is 29.6 Å². The standard InChI is InChI=1S/ClO3.ClHO.Na/c2-1(3)4;1-2;/h;2H;/q-1;;+1. The molecule has 1 N–H and O–H groups in total. The van der Waals surface area contributed by atoms with Crippen LogP contribution in [0, 0.1) is 10.8 Å². The van der Waals surface area contributed by atoms with Crippen molar-refractivity contribution in [3.63, 3.8) is 0 Å². The van der Waals surface area contributed by atoms with Crippen LogP contribution in [0.15, 0.2) is 0 Å². The number of rotatable bonds is 0. The summed E-state index contributed by atoms with van der Waals surface area (Å²) in [4.78, 5) is 0. The first-order chi connectivity index (χ1) is 2.73. The summed E-state index contributed by atoms with van der Waals surface area (Å²) in [7, 11) is -2.85. The molecule has 0 amide bonds. The van der Waals surface area contributed by atoms with Crippen molar-refractivity contribution in [2.45, 2.75) is 0 Å². The van der Waals surface area contributed by atoms with Gasteiger partial charge in [0.2, 0.25) is 0 Å². The normalized spacial score (nSPS) is 6.00. The predicted octanol–water partition coefficient (Wildman–Crippen LogP) is -6.43. The first-order valence-corrected chi connectivity index (χ1v) is 1.90. The second-order valence-corrected chi connectivity index (χ2v) is 0.567.